The average molecular weight is 371 g/mol. The van der Waals surface area contributed by atoms with Gasteiger partial charge in [0.25, 0.3) is 0 Å². The molecule has 1 saturated heterocycles. The van der Waals surface area contributed by atoms with E-state index < -0.39 is 11.9 Å². The van der Waals surface area contributed by atoms with Crippen LogP contribution in [0.1, 0.15) is 26.7 Å². The van der Waals surface area contributed by atoms with Gasteiger partial charge in [0.2, 0.25) is 0 Å². The lowest BCUT2D eigenvalue weighted by molar-refractivity contribution is -0.159. The van der Waals surface area contributed by atoms with Crippen molar-refractivity contribution in [2.45, 2.75) is 38.9 Å². The largest absolute Gasteiger partial charge is 0.494 e. The molecule has 26 heavy (non-hydrogen) atoms. The second-order valence-corrected chi connectivity index (χ2v) is 6.14. The zero-order valence-electron chi connectivity index (χ0n) is 15.1. The van der Waals surface area contributed by atoms with Gasteiger partial charge in [-0.2, -0.15) is 0 Å². The van der Waals surface area contributed by atoms with Crippen molar-refractivity contribution in [1.29, 1.82) is 0 Å². The first-order valence-corrected chi connectivity index (χ1v) is 8.50. The fourth-order valence-corrected chi connectivity index (χ4v) is 2.63. The lowest BCUT2D eigenvalue weighted by Gasteiger charge is -2.35. The zero-order chi connectivity index (χ0) is 19.5. The fourth-order valence-electron chi connectivity index (χ4n) is 2.63. The predicted octanol–water partition coefficient (Wildman–Crippen LogP) is 2.25. The van der Waals surface area contributed by atoms with E-state index >= 15 is 0 Å². The predicted molar refractivity (Wildman–Crippen MR) is 92.8 cm³/mol. The monoisotopic (exact) mass is 371 g/mol. The number of unbranched alkanes of at least 4 members (excludes halogenated alkanes) is 1. The first-order valence-electron chi connectivity index (χ1n) is 8.50. The summed E-state index contributed by atoms with van der Waals surface area (Å²) in [6, 6.07) is 6.18. The molecule has 0 aromatic heterocycles. The van der Waals surface area contributed by atoms with Gasteiger partial charge in [-0.15, -0.1) is 0 Å². The molecule has 8 heteroatoms. The van der Waals surface area contributed by atoms with Crippen LogP contribution in [-0.4, -0.2) is 65.5 Å². The molecule has 7 nitrogen and oxygen atoms in total. The Kier molecular flexibility index (Phi) is 9.61. The molecule has 2 rings (SSSR count). The Morgan fingerprint density at radius 3 is 2.15 bits per heavy atom. The molecule has 1 fully saturated rings. The van der Waals surface area contributed by atoms with Crippen molar-refractivity contribution in [1.82, 2.24) is 4.90 Å². The molecule has 1 aromatic carbocycles. The van der Waals surface area contributed by atoms with Crippen LogP contribution >= 0.6 is 0 Å². The molecule has 0 saturated carbocycles. The second kappa shape index (κ2) is 11.4. The Balaban J connectivity index is 0.000000487. The molecular weight excluding hydrogens is 345 g/mol. The van der Waals surface area contributed by atoms with Crippen molar-refractivity contribution in [3.05, 3.63) is 30.1 Å². The number of rotatable bonds is 6. The fraction of sp³-hybridized carbons (Fsp3) is 0.556. The van der Waals surface area contributed by atoms with Crippen molar-refractivity contribution in [3.8, 4) is 5.75 Å². The van der Waals surface area contributed by atoms with E-state index in [9.17, 15) is 4.39 Å². The van der Waals surface area contributed by atoms with Crippen molar-refractivity contribution in [2.75, 3.05) is 26.2 Å². The third-order valence-electron chi connectivity index (χ3n) is 3.63. The Morgan fingerprint density at radius 2 is 1.65 bits per heavy atom. The lowest BCUT2D eigenvalue weighted by atomic mass is 10.2. The highest BCUT2D eigenvalue weighted by atomic mass is 19.1. The first-order chi connectivity index (χ1) is 12.3. The van der Waals surface area contributed by atoms with Gasteiger partial charge in [-0.1, -0.05) is 0 Å². The summed E-state index contributed by atoms with van der Waals surface area (Å²) >= 11 is 0. The molecule has 0 aliphatic carbocycles. The number of benzene rings is 1. The van der Waals surface area contributed by atoms with Gasteiger partial charge in [-0.3, -0.25) is 4.90 Å². The van der Waals surface area contributed by atoms with E-state index in [2.05, 4.69) is 18.7 Å². The molecule has 0 radical (unpaired) electrons. The summed E-state index contributed by atoms with van der Waals surface area (Å²) < 4.78 is 24.0. The highest BCUT2D eigenvalue weighted by Crippen LogP contribution is 2.13. The van der Waals surface area contributed by atoms with Crippen molar-refractivity contribution < 1.29 is 33.7 Å². The van der Waals surface area contributed by atoms with Gasteiger partial charge < -0.3 is 19.7 Å². The highest BCUT2D eigenvalue weighted by molar-refractivity contribution is 6.27. The zero-order valence-corrected chi connectivity index (χ0v) is 15.1. The molecule has 146 valence electrons. The summed E-state index contributed by atoms with van der Waals surface area (Å²) in [7, 11) is 0. The average Bonchev–Trinajstić information content (AvgIpc) is 2.56. The number of hydrogen-bond donors (Lipinski definition) is 2. The van der Waals surface area contributed by atoms with Crippen LogP contribution < -0.4 is 4.74 Å². The van der Waals surface area contributed by atoms with Crippen LogP contribution in [0.15, 0.2) is 24.3 Å². The van der Waals surface area contributed by atoms with E-state index in [0.29, 0.717) is 18.8 Å². The number of carbonyl (C=O) groups is 2. The molecule has 1 aliphatic rings. The van der Waals surface area contributed by atoms with Crippen LogP contribution in [0.5, 0.6) is 5.75 Å². The van der Waals surface area contributed by atoms with Gasteiger partial charge in [0, 0.05) is 13.1 Å². The van der Waals surface area contributed by atoms with Gasteiger partial charge in [0.15, 0.2) is 0 Å². The van der Waals surface area contributed by atoms with E-state index in [1.54, 1.807) is 12.1 Å². The van der Waals surface area contributed by atoms with Crippen LogP contribution in [-0.2, 0) is 14.3 Å². The van der Waals surface area contributed by atoms with Crippen LogP contribution in [0.3, 0.4) is 0 Å². The van der Waals surface area contributed by atoms with E-state index in [1.165, 1.54) is 12.1 Å². The SMILES string of the molecule is CC1CN(CCCCOc2ccc(F)cc2)CC(C)O1.O=C(O)C(=O)O. The molecule has 1 heterocycles. The summed E-state index contributed by atoms with van der Waals surface area (Å²) in [6.45, 7) is 8.05. The molecule has 2 unspecified atom stereocenters. The van der Waals surface area contributed by atoms with Gasteiger partial charge in [-0.25, -0.2) is 14.0 Å². The maximum absolute atomic E-state index is 12.7. The van der Waals surface area contributed by atoms with E-state index in [0.717, 1.165) is 38.2 Å². The Bertz CT molecular complexity index is 543. The number of carboxylic acid groups (broad SMARTS) is 2. The standard InChI is InChI=1S/C16H24FNO2.C2H2O4/c1-13-11-18(12-14(2)20-13)9-3-4-10-19-16-7-5-15(17)6-8-16;3-1(4)2(5)6/h5-8,13-14H,3-4,9-12H2,1-2H3;(H,3,4)(H,5,6). The minimum atomic E-state index is -1.82. The van der Waals surface area contributed by atoms with Crippen molar-refractivity contribution in [2.24, 2.45) is 0 Å². The second-order valence-electron chi connectivity index (χ2n) is 6.14. The molecule has 0 spiro atoms. The molecular formula is C18H26FNO6. The van der Waals surface area contributed by atoms with Crippen LogP contribution in [0.2, 0.25) is 0 Å². The van der Waals surface area contributed by atoms with Crippen molar-refractivity contribution >= 4 is 11.9 Å². The number of nitrogens with zero attached hydrogens (tertiary/aromatic N) is 1. The molecule has 1 aliphatic heterocycles. The third kappa shape index (κ3) is 9.33. The molecule has 0 bridgehead atoms. The van der Waals surface area contributed by atoms with E-state index in [1.807, 2.05) is 0 Å². The summed E-state index contributed by atoms with van der Waals surface area (Å²) in [4.78, 5) is 20.7. The normalized spacial score (nSPS) is 20.0. The van der Waals surface area contributed by atoms with Crippen LogP contribution in [0.25, 0.3) is 0 Å². The maximum atomic E-state index is 12.7. The van der Waals surface area contributed by atoms with Crippen molar-refractivity contribution in [3.63, 3.8) is 0 Å². The molecule has 0 amide bonds. The topological polar surface area (TPSA) is 96.3 Å². The van der Waals surface area contributed by atoms with Crippen LogP contribution in [0, 0.1) is 5.82 Å². The summed E-state index contributed by atoms with van der Waals surface area (Å²) in [5, 5.41) is 14.8. The minimum absolute atomic E-state index is 0.229. The number of morpholine rings is 1. The summed E-state index contributed by atoms with van der Waals surface area (Å²) in [5.41, 5.74) is 0. The minimum Gasteiger partial charge on any atom is -0.494 e. The van der Waals surface area contributed by atoms with Crippen LogP contribution in [0.4, 0.5) is 4.39 Å². The summed E-state index contributed by atoms with van der Waals surface area (Å²) in [6.07, 6.45) is 2.78. The van der Waals surface area contributed by atoms with Gasteiger partial charge in [-0.05, 0) is 57.5 Å². The first kappa shape index (κ1) is 21.9. The smallest absolute Gasteiger partial charge is 0.414 e. The molecule has 1 aromatic rings. The molecule has 2 atom stereocenters. The highest BCUT2D eigenvalue weighted by Gasteiger charge is 2.21. The summed E-state index contributed by atoms with van der Waals surface area (Å²) in [5.74, 6) is -3.14. The molecule has 2 N–H and O–H groups in total. The Morgan fingerprint density at radius 1 is 1.12 bits per heavy atom. The quantitative estimate of drug-likeness (QED) is 0.585. The van der Waals surface area contributed by atoms with Gasteiger partial charge in [0.05, 0.1) is 18.8 Å². The lowest BCUT2D eigenvalue weighted by Crippen LogP contribution is -2.45. The number of hydrogen-bond acceptors (Lipinski definition) is 5. The van der Waals surface area contributed by atoms with E-state index in [4.69, 9.17) is 29.3 Å². The Labute approximate surface area is 152 Å². The number of carboxylic acids is 2. The van der Waals surface area contributed by atoms with Gasteiger partial charge in [0.1, 0.15) is 11.6 Å². The Hall–Kier alpha value is -2.19. The third-order valence-corrected chi connectivity index (χ3v) is 3.63. The van der Waals surface area contributed by atoms with Gasteiger partial charge >= 0.3 is 11.9 Å². The number of ether oxygens (including phenoxy) is 2. The van der Waals surface area contributed by atoms with E-state index in [-0.39, 0.29) is 5.82 Å². The number of halogens is 1. The maximum Gasteiger partial charge on any atom is 0.414 e. The number of aliphatic carboxylic acids is 2.